The van der Waals surface area contributed by atoms with E-state index in [-0.39, 0.29) is 23.2 Å². The molecule has 8 heteroatoms. The molecule has 0 radical (unpaired) electrons. The molecule has 1 atom stereocenters. The summed E-state index contributed by atoms with van der Waals surface area (Å²) in [5.41, 5.74) is 2.93. The van der Waals surface area contributed by atoms with Crippen LogP contribution in [-0.2, 0) is 6.42 Å². The number of aromatic amines is 1. The van der Waals surface area contributed by atoms with Gasteiger partial charge in [-0.1, -0.05) is 30.3 Å². The Labute approximate surface area is 160 Å². The number of aromatic nitrogens is 5. The van der Waals surface area contributed by atoms with Crippen LogP contribution in [0.2, 0.25) is 0 Å². The van der Waals surface area contributed by atoms with Crippen molar-refractivity contribution in [1.82, 2.24) is 29.9 Å². The van der Waals surface area contributed by atoms with Crippen LogP contribution in [0.15, 0.2) is 65.8 Å². The molecule has 3 aromatic heterocycles. The molecule has 8 nitrogen and oxygen atoms in total. The van der Waals surface area contributed by atoms with Gasteiger partial charge in [-0.2, -0.15) is 0 Å². The van der Waals surface area contributed by atoms with Gasteiger partial charge in [-0.15, -0.1) is 0 Å². The molecule has 0 aliphatic carbocycles. The molecule has 0 spiro atoms. The number of fused-ring (bicyclic) bond motifs is 1. The molecule has 1 amide bonds. The molecule has 4 aromatic rings. The summed E-state index contributed by atoms with van der Waals surface area (Å²) >= 11 is 0. The summed E-state index contributed by atoms with van der Waals surface area (Å²) in [6.45, 7) is 1.86. The smallest absolute Gasteiger partial charge is 0.272 e. The van der Waals surface area contributed by atoms with Gasteiger partial charge < -0.3 is 5.32 Å². The summed E-state index contributed by atoms with van der Waals surface area (Å²) in [5.74, 6) is -0.336. The molecule has 0 fully saturated rings. The minimum Gasteiger partial charge on any atom is -0.343 e. The van der Waals surface area contributed by atoms with Gasteiger partial charge in [0.25, 0.3) is 11.5 Å². The molecule has 0 unspecified atom stereocenters. The molecule has 28 heavy (non-hydrogen) atoms. The quantitative estimate of drug-likeness (QED) is 0.554. The average molecular weight is 374 g/mol. The van der Waals surface area contributed by atoms with E-state index in [1.807, 2.05) is 37.3 Å². The van der Waals surface area contributed by atoms with Crippen molar-refractivity contribution in [2.75, 3.05) is 0 Å². The van der Waals surface area contributed by atoms with Gasteiger partial charge in [-0.25, -0.2) is 14.5 Å². The Bertz CT molecular complexity index is 1170. The summed E-state index contributed by atoms with van der Waals surface area (Å²) in [5, 5.41) is 5.92. The first-order valence-corrected chi connectivity index (χ1v) is 8.80. The van der Waals surface area contributed by atoms with Crippen LogP contribution in [0.5, 0.6) is 0 Å². The number of nitrogens with zero attached hydrogens (tertiary/aromatic N) is 4. The Morgan fingerprint density at radius 2 is 2.04 bits per heavy atom. The molecule has 3 heterocycles. The van der Waals surface area contributed by atoms with E-state index in [4.69, 9.17) is 0 Å². The van der Waals surface area contributed by atoms with Gasteiger partial charge in [0.15, 0.2) is 5.65 Å². The third-order valence-corrected chi connectivity index (χ3v) is 4.35. The third-order valence-electron chi connectivity index (χ3n) is 4.35. The van der Waals surface area contributed by atoms with E-state index in [1.165, 1.54) is 29.2 Å². The lowest BCUT2D eigenvalue weighted by atomic mass is 10.0. The molecule has 0 aliphatic heterocycles. The maximum Gasteiger partial charge on any atom is 0.272 e. The number of hydrogen-bond donors (Lipinski definition) is 2. The zero-order valence-corrected chi connectivity index (χ0v) is 15.2. The molecule has 4 rings (SSSR count). The number of aryl methyl sites for hydroxylation is 1. The topological polar surface area (TPSA) is 105 Å². The molecule has 0 saturated carbocycles. The van der Waals surface area contributed by atoms with Gasteiger partial charge in [-0.3, -0.25) is 19.7 Å². The lowest BCUT2D eigenvalue weighted by Crippen LogP contribution is -2.31. The van der Waals surface area contributed by atoms with Crippen molar-refractivity contribution in [2.45, 2.75) is 19.4 Å². The van der Waals surface area contributed by atoms with Crippen LogP contribution >= 0.6 is 0 Å². The fourth-order valence-electron chi connectivity index (χ4n) is 3.06. The number of H-pyrrole nitrogens is 1. The average Bonchev–Trinajstić information content (AvgIpc) is 3.09. The highest BCUT2D eigenvalue weighted by Gasteiger charge is 2.19. The van der Waals surface area contributed by atoms with E-state index >= 15 is 0 Å². The molecule has 0 aliphatic rings. The number of benzene rings is 1. The number of carbonyl (C=O) groups excluding carboxylic acids is 1. The molecule has 2 N–H and O–H groups in total. The summed E-state index contributed by atoms with van der Waals surface area (Å²) in [4.78, 5) is 37.5. The van der Waals surface area contributed by atoms with Crippen molar-refractivity contribution < 1.29 is 4.79 Å². The SMILES string of the molecule is Cc1cc2nc(C[C@@H](NC(=O)c3cnccn3)c3ccccc3)cc(=O)n2[nH]1. The maximum absolute atomic E-state index is 12.6. The maximum atomic E-state index is 12.6. The monoisotopic (exact) mass is 374 g/mol. The van der Waals surface area contributed by atoms with Crippen molar-refractivity contribution in [1.29, 1.82) is 0 Å². The highest BCUT2D eigenvalue weighted by atomic mass is 16.2. The van der Waals surface area contributed by atoms with Crippen LogP contribution in [0.4, 0.5) is 0 Å². The number of carbonyl (C=O) groups is 1. The Kier molecular flexibility index (Phi) is 4.67. The first-order chi connectivity index (χ1) is 13.6. The molecular weight excluding hydrogens is 356 g/mol. The van der Waals surface area contributed by atoms with E-state index in [0.29, 0.717) is 17.8 Å². The Balaban J connectivity index is 1.66. The zero-order chi connectivity index (χ0) is 19.5. The minimum atomic E-state index is -0.370. The van der Waals surface area contributed by atoms with Gasteiger partial charge in [-0.05, 0) is 12.5 Å². The second kappa shape index (κ2) is 7.43. The molecule has 1 aromatic carbocycles. The second-order valence-electron chi connectivity index (χ2n) is 6.45. The fraction of sp³-hybridized carbons (Fsp3) is 0.150. The Morgan fingerprint density at radius 1 is 1.21 bits per heavy atom. The fourth-order valence-corrected chi connectivity index (χ4v) is 3.06. The van der Waals surface area contributed by atoms with Crippen molar-refractivity contribution in [3.63, 3.8) is 0 Å². The van der Waals surface area contributed by atoms with Crippen LogP contribution in [0.1, 0.15) is 33.5 Å². The zero-order valence-electron chi connectivity index (χ0n) is 15.2. The van der Waals surface area contributed by atoms with Gasteiger partial charge >= 0.3 is 0 Å². The van der Waals surface area contributed by atoms with Crippen LogP contribution in [0.3, 0.4) is 0 Å². The van der Waals surface area contributed by atoms with E-state index in [0.717, 1.165) is 11.3 Å². The molecule has 0 saturated heterocycles. The number of rotatable bonds is 5. The number of amides is 1. The lowest BCUT2D eigenvalue weighted by molar-refractivity contribution is 0.0931. The first kappa shape index (κ1) is 17.6. The predicted octanol–water partition coefficient (Wildman–Crippen LogP) is 1.83. The molecule has 140 valence electrons. The van der Waals surface area contributed by atoms with Crippen LogP contribution in [-0.4, -0.2) is 30.5 Å². The van der Waals surface area contributed by atoms with Crippen LogP contribution in [0, 0.1) is 6.92 Å². The number of hydrogen-bond acceptors (Lipinski definition) is 5. The van der Waals surface area contributed by atoms with E-state index in [2.05, 4.69) is 25.4 Å². The number of nitrogens with one attached hydrogen (secondary N) is 2. The van der Waals surface area contributed by atoms with Crippen molar-refractivity contribution in [3.8, 4) is 0 Å². The van der Waals surface area contributed by atoms with Gasteiger partial charge in [0.2, 0.25) is 0 Å². The van der Waals surface area contributed by atoms with Crippen molar-refractivity contribution in [3.05, 3.63) is 94.1 Å². The minimum absolute atomic E-state index is 0.194. The second-order valence-corrected chi connectivity index (χ2v) is 6.45. The predicted molar refractivity (Wildman–Crippen MR) is 103 cm³/mol. The first-order valence-electron chi connectivity index (χ1n) is 8.80. The lowest BCUT2D eigenvalue weighted by Gasteiger charge is -2.18. The van der Waals surface area contributed by atoms with Gasteiger partial charge in [0, 0.05) is 36.6 Å². The highest BCUT2D eigenvalue weighted by molar-refractivity contribution is 5.92. The normalized spacial score (nSPS) is 12.0. The van der Waals surface area contributed by atoms with Crippen LogP contribution < -0.4 is 10.9 Å². The third kappa shape index (κ3) is 3.66. The Hall–Kier alpha value is -3.81. The summed E-state index contributed by atoms with van der Waals surface area (Å²) in [6, 6.07) is 12.5. The van der Waals surface area contributed by atoms with E-state index in [9.17, 15) is 9.59 Å². The summed E-state index contributed by atoms with van der Waals surface area (Å²) < 4.78 is 1.40. The summed E-state index contributed by atoms with van der Waals surface area (Å²) in [7, 11) is 0. The van der Waals surface area contributed by atoms with Gasteiger partial charge in [0.05, 0.1) is 17.9 Å². The summed E-state index contributed by atoms with van der Waals surface area (Å²) in [6.07, 6.45) is 4.76. The largest absolute Gasteiger partial charge is 0.343 e. The standard InChI is InChI=1S/C20H18N6O2/c1-13-9-18-23-15(11-19(27)26(18)25-13)10-16(14-5-3-2-4-6-14)24-20(28)17-12-21-7-8-22-17/h2-9,11-12,16,25H,10H2,1H3,(H,24,28)/t16-/m1/s1. The van der Waals surface area contributed by atoms with Gasteiger partial charge in [0.1, 0.15) is 5.69 Å². The van der Waals surface area contributed by atoms with E-state index in [1.54, 1.807) is 6.07 Å². The highest BCUT2D eigenvalue weighted by Crippen LogP contribution is 2.18. The molecular formula is C20H18N6O2. The van der Waals surface area contributed by atoms with E-state index < -0.39 is 0 Å². The molecule has 0 bridgehead atoms. The van der Waals surface area contributed by atoms with Crippen molar-refractivity contribution in [2.24, 2.45) is 0 Å². The Morgan fingerprint density at radius 3 is 2.79 bits per heavy atom. The van der Waals surface area contributed by atoms with Crippen molar-refractivity contribution >= 4 is 11.6 Å². The van der Waals surface area contributed by atoms with Crippen LogP contribution in [0.25, 0.3) is 5.65 Å².